The number of sulfone groups is 1. The molecule has 5 nitrogen and oxygen atoms in total. The minimum Gasteiger partial charge on any atom is -0.326 e. The van der Waals surface area contributed by atoms with Crippen molar-refractivity contribution in [3.8, 4) is 0 Å². The van der Waals surface area contributed by atoms with Crippen LogP contribution < -0.4 is 10.6 Å². The summed E-state index contributed by atoms with van der Waals surface area (Å²) in [5.74, 6) is -0.103. The number of carbonyl (C=O) groups excluding carboxylic acids is 1. The van der Waals surface area contributed by atoms with Crippen molar-refractivity contribution < 1.29 is 13.2 Å². The lowest BCUT2D eigenvalue weighted by Crippen LogP contribution is -2.37. The summed E-state index contributed by atoms with van der Waals surface area (Å²) < 4.78 is 22.9. The Hall–Kier alpha value is -1.40. The van der Waals surface area contributed by atoms with E-state index >= 15 is 0 Å². The van der Waals surface area contributed by atoms with Crippen molar-refractivity contribution >= 4 is 21.4 Å². The van der Waals surface area contributed by atoms with Gasteiger partial charge in [-0.3, -0.25) is 4.79 Å². The molecule has 0 bridgehead atoms. The lowest BCUT2D eigenvalue weighted by Gasteiger charge is -2.21. The molecule has 1 amide bonds. The molecule has 0 spiro atoms. The number of anilines is 1. The summed E-state index contributed by atoms with van der Waals surface area (Å²) in [4.78, 5) is 12.2. The van der Waals surface area contributed by atoms with Gasteiger partial charge in [0.15, 0.2) is 9.84 Å². The van der Waals surface area contributed by atoms with Crippen LogP contribution in [0, 0.1) is 5.92 Å². The van der Waals surface area contributed by atoms with Gasteiger partial charge in [0.1, 0.15) is 0 Å². The van der Waals surface area contributed by atoms with E-state index in [0.29, 0.717) is 12.2 Å². The van der Waals surface area contributed by atoms with Crippen molar-refractivity contribution in [2.45, 2.75) is 17.7 Å². The van der Waals surface area contributed by atoms with Crippen molar-refractivity contribution in [2.75, 3.05) is 24.7 Å². The van der Waals surface area contributed by atoms with Crippen LogP contribution in [0.2, 0.25) is 0 Å². The summed E-state index contributed by atoms with van der Waals surface area (Å²) in [6.07, 6.45) is 3.01. The van der Waals surface area contributed by atoms with Gasteiger partial charge in [0.2, 0.25) is 5.91 Å². The van der Waals surface area contributed by atoms with E-state index in [4.69, 9.17) is 0 Å². The van der Waals surface area contributed by atoms with Crippen molar-refractivity contribution in [3.05, 3.63) is 24.3 Å². The maximum absolute atomic E-state index is 12.0. The maximum atomic E-state index is 12.0. The molecule has 0 aromatic heterocycles. The second-order valence-corrected chi connectivity index (χ2v) is 6.85. The Morgan fingerprint density at radius 1 is 1.42 bits per heavy atom. The zero-order chi connectivity index (χ0) is 13.9. The second kappa shape index (κ2) is 5.71. The minimum atomic E-state index is -3.25. The maximum Gasteiger partial charge on any atom is 0.228 e. The Bertz CT molecular complexity index is 563. The summed E-state index contributed by atoms with van der Waals surface area (Å²) in [7, 11) is -3.25. The van der Waals surface area contributed by atoms with Crippen LogP contribution in [-0.4, -0.2) is 33.7 Å². The molecule has 0 aliphatic carbocycles. The van der Waals surface area contributed by atoms with E-state index in [1.165, 1.54) is 12.1 Å². The number of hydrogen-bond acceptors (Lipinski definition) is 4. The van der Waals surface area contributed by atoms with Gasteiger partial charge in [-0.15, -0.1) is 0 Å². The average molecular weight is 282 g/mol. The summed E-state index contributed by atoms with van der Waals surface area (Å²) in [5, 5.41) is 5.96. The first-order valence-electron chi connectivity index (χ1n) is 6.28. The highest BCUT2D eigenvalue weighted by molar-refractivity contribution is 7.90. The molecule has 1 aliphatic rings. The average Bonchev–Trinajstić information content (AvgIpc) is 2.39. The Morgan fingerprint density at radius 3 is 2.84 bits per heavy atom. The Labute approximate surface area is 113 Å². The van der Waals surface area contributed by atoms with E-state index < -0.39 is 9.84 Å². The molecule has 2 N–H and O–H groups in total. The highest BCUT2D eigenvalue weighted by Crippen LogP contribution is 2.17. The normalized spacial score (nSPS) is 19.9. The first kappa shape index (κ1) is 14.0. The molecule has 1 aliphatic heterocycles. The molecular formula is C13H18N2O3S. The van der Waals surface area contributed by atoms with Gasteiger partial charge in [-0.25, -0.2) is 8.42 Å². The van der Waals surface area contributed by atoms with Gasteiger partial charge in [0.25, 0.3) is 0 Å². The number of carbonyl (C=O) groups is 1. The largest absolute Gasteiger partial charge is 0.326 e. The fourth-order valence-corrected chi connectivity index (χ4v) is 2.79. The first-order chi connectivity index (χ1) is 8.97. The third kappa shape index (κ3) is 3.78. The van der Waals surface area contributed by atoms with E-state index in [-0.39, 0.29) is 16.7 Å². The minimum absolute atomic E-state index is 0.0457. The molecule has 1 saturated heterocycles. The molecule has 104 valence electrons. The van der Waals surface area contributed by atoms with E-state index in [9.17, 15) is 13.2 Å². The van der Waals surface area contributed by atoms with Crippen molar-refractivity contribution in [3.63, 3.8) is 0 Å². The predicted molar refractivity (Wildman–Crippen MR) is 73.8 cm³/mol. The topological polar surface area (TPSA) is 75.3 Å². The highest BCUT2D eigenvalue weighted by Gasteiger charge is 2.21. The number of nitrogens with one attached hydrogen (secondary N) is 2. The fraction of sp³-hybridized carbons (Fsp3) is 0.462. The van der Waals surface area contributed by atoms with Crippen LogP contribution in [0.3, 0.4) is 0 Å². The van der Waals surface area contributed by atoms with Crippen molar-refractivity contribution in [1.29, 1.82) is 0 Å². The SMILES string of the molecule is CS(=O)(=O)c1cccc(NC(=O)C2CCCNC2)c1. The highest BCUT2D eigenvalue weighted by atomic mass is 32.2. The van der Waals surface area contributed by atoms with E-state index in [1.807, 2.05) is 0 Å². The monoisotopic (exact) mass is 282 g/mol. The number of piperidine rings is 1. The second-order valence-electron chi connectivity index (χ2n) is 4.83. The lowest BCUT2D eigenvalue weighted by molar-refractivity contribution is -0.120. The van der Waals surface area contributed by atoms with Gasteiger partial charge in [-0.1, -0.05) is 6.07 Å². The van der Waals surface area contributed by atoms with Gasteiger partial charge >= 0.3 is 0 Å². The van der Waals surface area contributed by atoms with Gasteiger partial charge in [-0.05, 0) is 37.6 Å². The summed E-state index contributed by atoms with van der Waals surface area (Å²) in [5.41, 5.74) is 0.526. The van der Waals surface area contributed by atoms with Gasteiger partial charge in [0.05, 0.1) is 10.8 Å². The molecule has 19 heavy (non-hydrogen) atoms. The van der Waals surface area contributed by atoms with Crippen molar-refractivity contribution in [2.24, 2.45) is 5.92 Å². The van der Waals surface area contributed by atoms with Gasteiger partial charge < -0.3 is 10.6 Å². The number of rotatable bonds is 3. The Balaban J connectivity index is 2.08. The van der Waals surface area contributed by atoms with Crippen LogP contribution in [0.15, 0.2) is 29.2 Å². The molecule has 2 rings (SSSR count). The van der Waals surface area contributed by atoms with Crippen molar-refractivity contribution in [1.82, 2.24) is 5.32 Å². The summed E-state index contributed by atoms with van der Waals surface area (Å²) in [6.45, 7) is 1.63. The quantitative estimate of drug-likeness (QED) is 0.868. The molecule has 1 aromatic rings. The van der Waals surface area contributed by atoms with Crippen LogP contribution in [0.5, 0.6) is 0 Å². The molecule has 0 saturated carbocycles. The van der Waals surface area contributed by atoms with Crippen LogP contribution in [0.25, 0.3) is 0 Å². The molecule has 0 radical (unpaired) electrons. The lowest BCUT2D eigenvalue weighted by atomic mass is 9.99. The third-order valence-corrected chi connectivity index (χ3v) is 4.31. The van der Waals surface area contributed by atoms with Crippen LogP contribution >= 0.6 is 0 Å². The molecule has 1 aromatic carbocycles. The molecule has 1 unspecified atom stereocenters. The summed E-state index contributed by atoms with van der Waals surface area (Å²) in [6, 6.07) is 6.34. The zero-order valence-electron chi connectivity index (χ0n) is 10.8. The Morgan fingerprint density at radius 2 is 2.21 bits per heavy atom. The zero-order valence-corrected chi connectivity index (χ0v) is 11.7. The molecule has 1 atom stereocenters. The van der Waals surface area contributed by atoms with Gasteiger partial charge in [-0.2, -0.15) is 0 Å². The van der Waals surface area contributed by atoms with Crippen LogP contribution in [0.1, 0.15) is 12.8 Å². The summed E-state index contributed by atoms with van der Waals surface area (Å²) >= 11 is 0. The first-order valence-corrected chi connectivity index (χ1v) is 8.17. The van der Waals surface area contributed by atoms with Crippen LogP contribution in [0.4, 0.5) is 5.69 Å². The number of amides is 1. The molecule has 1 heterocycles. The fourth-order valence-electron chi connectivity index (χ4n) is 2.12. The van der Waals surface area contributed by atoms with E-state index in [1.54, 1.807) is 12.1 Å². The van der Waals surface area contributed by atoms with E-state index in [2.05, 4.69) is 10.6 Å². The third-order valence-electron chi connectivity index (χ3n) is 3.20. The predicted octanol–water partition coefficient (Wildman–Crippen LogP) is 1.03. The Kier molecular flexibility index (Phi) is 4.21. The standard InChI is InChI=1S/C13H18N2O3S/c1-19(17,18)12-6-2-5-11(8-12)15-13(16)10-4-3-7-14-9-10/h2,5-6,8,10,14H,3-4,7,9H2,1H3,(H,15,16). The van der Waals surface area contributed by atoms with Gasteiger partial charge in [0, 0.05) is 18.5 Å². The smallest absolute Gasteiger partial charge is 0.228 e. The van der Waals surface area contributed by atoms with Crippen LogP contribution in [-0.2, 0) is 14.6 Å². The molecular weight excluding hydrogens is 264 g/mol. The molecule has 6 heteroatoms. The van der Waals surface area contributed by atoms with E-state index in [0.717, 1.165) is 25.6 Å². The number of benzene rings is 1. The molecule has 1 fully saturated rings. The number of hydrogen-bond donors (Lipinski definition) is 2.